The molecule has 0 bridgehead atoms. The van der Waals surface area contributed by atoms with Gasteiger partial charge in [-0.1, -0.05) is 18.2 Å². The van der Waals surface area contributed by atoms with Gasteiger partial charge in [-0.15, -0.1) is 0 Å². The molecule has 12 nitrogen and oxygen atoms in total. The molecule has 46 heavy (non-hydrogen) atoms. The third kappa shape index (κ3) is 6.07. The maximum absolute atomic E-state index is 13.7. The number of hydrogen-bond donors (Lipinski definition) is 2. The fraction of sp³-hybridized carbons (Fsp3) is 0.353. The number of rotatable bonds is 8. The number of nitrogens with one attached hydrogen (secondary N) is 1. The average Bonchev–Trinajstić information content (AvgIpc) is 3.44. The molecule has 2 aliphatic heterocycles. The van der Waals surface area contributed by atoms with Gasteiger partial charge in [0.05, 0.1) is 36.2 Å². The van der Waals surface area contributed by atoms with Gasteiger partial charge in [-0.05, 0) is 70.1 Å². The summed E-state index contributed by atoms with van der Waals surface area (Å²) in [5.41, 5.74) is 8.72. The molecule has 12 heteroatoms. The van der Waals surface area contributed by atoms with E-state index in [0.717, 1.165) is 23.9 Å². The van der Waals surface area contributed by atoms with E-state index < -0.39 is 5.54 Å². The van der Waals surface area contributed by atoms with E-state index in [1.807, 2.05) is 43.8 Å². The molecular formula is C34H37N9O3. The Morgan fingerprint density at radius 2 is 1.91 bits per heavy atom. The van der Waals surface area contributed by atoms with Gasteiger partial charge < -0.3 is 20.7 Å². The van der Waals surface area contributed by atoms with Crippen molar-refractivity contribution >= 4 is 34.4 Å². The van der Waals surface area contributed by atoms with Crippen molar-refractivity contribution < 1.29 is 14.3 Å². The van der Waals surface area contributed by atoms with Crippen LogP contribution >= 0.6 is 0 Å². The molecule has 0 unspecified atom stereocenters. The van der Waals surface area contributed by atoms with E-state index in [1.54, 1.807) is 53.7 Å². The normalized spacial score (nSPS) is 17.5. The number of fused-ring (bicyclic) bond motifs is 1. The van der Waals surface area contributed by atoms with Crippen molar-refractivity contribution in [1.82, 2.24) is 29.5 Å². The smallest absolute Gasteiger partial charge is 0.264 e. The Kier molecular flexibility index (Phi) is 8.53. The van der Waals surface area contributed by atoms with Crippen molar-refractivity contribution in [2.24, 2.45) is 0 Å². The zero-order chi connectivity index (χ0) is 32.4. The van der Waals surface area contributed by atoms with Gasteiger partial charge in [-0.3, -0.25) is 19.2 Å². The van der Waals surface area contributed by atoms with Crippen molar-refractivity contribution in [2.75, 3.05) is 44.4 Å². The molecule has 0 aliphatic carbocycles. The Bertz CT molecular complexity index is 1820. The molecule has 0 spiro atoms. The predicted molar refractivity (Wildman–Crippen MR) is 175 cm³/mol. The minimum Gasteiger partial charge on any atom is -0.383 e. The summed E-state index contributed by atoms with van der Waals surface area (Å²) in [6, 6.07) is 16.6. The van der Waals surface area contributed by atoms with E-state index in [0.29, 0.717) is 54.6 Å². The maximum Gasteiger partial charge on any atom is 0.264 e. The molecule has 2 amide bonds. The van der Waals surface area contributed by atoms with Crippen LogP contribution < -0.4 is 11.1 Å². The first kappa shape index (κ1) is 30.9. The number of hydrogen-bond acceptors (Lipinski definition) is 9. The molecule has 3 aromatic heterocycles. The number of aromatic nitrogens is 4. The van der Waals surface area contributed by atoms with Crippen LogP contribution in [-0.2, 0) is 9.53 Å². The second kappa shape index (κ2) is 12.7. The second-order valence-electron chi connectivity index (χ2n) is 12.3. The minimum absolute atomic E-state index is 0.129. The van der Waals surface area contributed by atoms with Crippen LogP contribution in [0.3, 0.4) is 0 Å². The Morgan fingerprint density at radius 1 is 1.13 bits per heavy atom. The molecule has 236 valence electrons. The minimum atomic E-state index is -0.503. The number of benzene rings is 1. The number of nitrogens with zero attached hydrogens (tertiary/aromatic N) is 7. The van der Waals surface area contributed by atoms with Gasteiger partial charge in [0.15, 0.2) is 0 Å². The molecule has 1 atom stereocenters. The first-order valence-electron chi connectivity index (χ1n) is 15.3. The molecule has 5 heterocycles. The number of pyridine rings is 2. The number of carbonyl (C=O) groups excluding carboxylic acids is 2. The fourth-order valence-electron chi connectivity index (χ4n) is 6.02. The average molecular weight is 620 g/mol. The van der Waals surface area contributed by atoms with Crippen molar-refractivity contribution in [2.45, 2.75) is 44.3 Å². The summed E-state index contributed by atoms with van der Waals surface area (Å²) in [6.45, 7) is 6.24. The lowest BCUT2D eigenvalue weighted by molar-refractivity contribution is -0.128. The second-order valence-corrected chi connectivity index (χ2v) is 12.3. The lowest BCUT2D eigenvalue weighted by Gasteiger charge is -2.43. The number of likely N-dealkylation sites (tertiary alicyclic amines) is 1. The molecule has 1 aromatic carbocycles. The van der Waals surface area contributed by atoms with Gasteiger partial charge >= 0.3 is 0 Å². The van der Waals surface area contributed by atoms with Crippen LogP contribution in [0.25, 0.3) is 22.2 Å². The zero-order valence-corrected chi connectivity index (χ0v) is 26.2. The van der Waals surface area contributed by atoms with Crippen LogP contribution in [0, 0.1) is 11.3 Å². The maximum atomic E-state index is 13.7. The molecular weight excluding hydrogens is 582 g/mol. The number of anilines is 2. The van der Waals surface area contributed by atoms with Crippen LogP contribution in [0.5, 0.6) is 0 Å². The standard InChI is InChI=1S/C34H37N9O3/c1-34(2,41(3)26-20-46-21-26)17-24(18-35)33(45)42-16-6-7-25(19-42)43-27-13-15-38-31(36)29(27)30(40-43)22-9-11-23(12-10-22)32(44)39-28-8-4-5-14-37-28/h4-5,8-15,17,25-26H,6-7,16,19-21H2,1-3H3,(H2,36,38)(H,37,39,44)/t25-/m1/s1. The monoisotopic (exact) mass is 619 g/mol. The van der Waals surface area contributed by atoms with Gasteiger partial charge in [0.25, 0.3) is 11.8 Å². The van der Waals surface area contributed by atoms with Crippen molar-refractivity contribution in [3.63, 3.8) is 0 Å². The summed E-state index contributed by atoms with van der Waals surface area (Å²) >= 11 is 0. The van der Waals surface area contributed by atoms with Crippen LogP contribution in [0.1, 0.15) is 43.1 Å². The summed E-state index contributed by atoms with van der Waals surface area (Å²) < 4.78 is 7.27. The highest BCUT2D eigenvalue weighted by atomic mass is 16.5. The summed E-state index contributed by atoms with van der Waals surface area (Å²) in [5, 5.41) is 18.5. The van der Waals surface area contributed by atoms with E-state index in [-0.39, 0.29) is 29.5 Å². The number of nitriles is 1. The van der Waals surface area contributed by atoms with Crippen LogP contribution in [-0.4, -0.2) is 86.3 Å². The number of carbonyl (C=O) groups is 2. The SMILES string of the molecule is CN(C1COC1)C(C)(C)C=C(C#N)C(=O)N1CCC[C@@H](n2nc(-c3ccc(C(=O)Nc4ccccn4)cc3)c3c(N)nccc32)C1. The number of nitrogens with two attached hydrogens (primary N) is 1. The lowest BCUT2D eigenvalue weighted by Crippen LogP contribution is -2.55. The van der Waals surface area contributed by atoms with Gasteiger partial charge in [0.1, 0.15) is 29.0 Å². The van der Waals surface area contributed by atoms with Crippen molar-refractivity contribution in [3.8, 4) is 17.3 Å². The quantitative estimate of drug-likeness (QED) is 0.219. The Morgan fingerprint density at radius 3 is 2.59 bits per heavy atom. The Labute approximate surface area is 267 Å². The van der Waals surface area contributed by atoms with Gasteiger partial charge in [0, 0.05) is 42.1 Å². The van der Waals surface area contributed by atoms with Crippen molar-refractivity contribution in [1.29, 1.82) is 5.26 Å². The third-order valence-corrected chi connectivity index (χ3v) is 8.93. The summed E-state index contributed by atoms with van der Waals surface area (Å²) in [6.07, 6.45) is 6.60. The Balaban J connectivity index is 1.25. The summed E-state index contributed by atoms with van der Waals surface area (Å²) in [5.74, 6) is 0.261. The first-order valence-corrected chi connectivity index (χ1v) is 15.3. The van der Waals surface area contributed by atoms with Gasteiger partial charge in [-0.25, -0.2) is 9.97 Å². The van der Waals surface area contributed by atoms with E-state index in [1.165, 1.54) is 0 Å². The lowest BCUT2D eigenvalue weighted by atomic mass is 9.96. The molecule has 6 rings (SSSR count). The van der Waals surface area contributed by atoms with Crippen molar-refractivity contribution in [3.05, 3.63) is 78.1 Å². The Hall–Kier alpha value is -5.12. The predicted octanol–water partition coefficient (Wildman–Crippen LogP) is 4.05. The topological polar surface area (TPSA) is 155 Å². The van der Waals surface area contributed by atoms with Gasteiger partial charge in [0.2, 0.25) is 0 Å². The number of piperidine rings is 1. The number of ether oxygens (including phenoxy) is 1. The first-order chi connectivity index (χ1) is 22.2. The number of amides is 2. The molecule has 0 saturated carbocycles. The number of likely N-dealkylation sites (N-methyl/N-ethyl adjacent to an activating group) is 1. The number of nitrogen functional groups attached to an aromatic ring is 1. The van der Waals surface area contributed by atoms with E-state index >= 15 is 0 Å². The molecule has 4 aromatic rings. The van der Waals surface area contributed by atoms with E-state index in [2.05, 4.69) is 26.3 Å². The molecule has 2 fully saturated rings. The molecule has 0 radical (unpaired) electrons. The molecule has 2 aliphatic rings. The summed E-state index contributed by atoms with van der Waals surface area (Å²) in [7, 11) is 1.99. The molecule has 2 saturated heterocycles. The highest BCUT2D eigenvalue weighted by Gasteiger charge is 2.35. The largest absolute Gasteiger partial charge is 0.383 e. The third-order valence-electron chi connectivity index (χ3n) is 8.93. The highest BCUT2D eigenvalue weighted by Crippen LogP contribution is 2.35. The highest BCUT2D eigenvalue weighted by molar-refractivity contribution is 6.05. The zero-order valence-electron chi connectivity index (χ0n) is 26.2. The van der Waals surface area contributed by atoms with Crippen LogP contribution in [0.2, 0.25) is 0 Å². The van der Waals surface area contributed by atoms with E-state index in [4.69, 9.17) is 15.6 Å². The van der Waals surface area contributed by atoms with E-state index in [9.17, 15) is 14.9 Å². The molecule has 3 N–H and O–H groups in total. The fourth-order valence-corrected chi connectivity index (χ4v) is 6.02. The van der Waals surface area contributed by atoms with Crippen LogP contribution in [0.15, 0.2) is 72.6 Å². The summed E-state index contributed by atoms with van der Waals surface area (Å²) in [4.78, 5) is 38.9. The van der Waals surface area contributed by atoms with Crippen LogP contribution in [0.4, 0.5) is 11.6 Å². The van der Waals surface area contributed by atoms with Gasteiger partial charge in [-0.2, -0.15) is 10.4 Å².